The summed E-state index contributed by atoms with van der Waals surface area (Å²) in [5.74, 6) is 1.16. The Morgan fingerprint density at radius 3 is 2.61 bits per heavy atom. The molecule has 0 unspecified atom stereocenters. The molecule has 1 amide bonds. The second-order valence-electron chi connectivity index (χ2n) is 11.4. The van der Waals surface area contributed by atoms with Gasteiger partial charge in [-0.2, -0.15) is 0 Å². The van der Waals surface area contributed by atoms with Gasteiger partial charge in [0.15, 0.2) is 0 Å². The van der Waals surface area contributed by atoms with Gasteiger partial charge in [0.2, 0.25) is 5.95 Å². The van der Waals surface area contributed by atoms with Crippen LogP contribution in [-0.4, -0.2) is 22.4 Å². The maximum Gasteiger partial charge on any atom is 0.251 e. The summed E-state index contributed by atoms with van der Waals surface area (Å²) in [6.45, 7) is 8.13. The number of benzene rings is 2. The van der Waals surface area contributed by atoms with Gasteiger partial charge < -0.3 is 20.9 Å². The van der Waals surface area contributed by atoms with Gasteiger partial charge in [-0.3, -0.25) is 4.79 Å². The monoisotopic (exact) mass is 533 g/mol. The SMILES string of the molecule is C=C(NCc1ccc(Cl)c(Nc2nc3ccc(C(=O)NCC4CCCCC4)cc3[nH]2)c1)C1(C)CCCCC1. The summed E-state index contributed by atoms with van der Waals surface area (Å²) in [7, 11) is 0. The number of H-pyrrole nitrogens is 1. The summed E-state index contributed by atoms with van der Waals surface area (Å²) in [5, 5.41) is 10.6. The van der Waals surface area contributed by atoms with E-state index >= 15 is 0 Å². The van der Waals surface area contributed by atoms with Crippen LogP contribution in [0.15, 0.2) is 48.7 Å². The summed E-state index contributed by atoms with van der Waals surface area (Å²) in [6.07, 6.45) is 12.6. The fraction of sp³-hybridized carbons (Fsp3) is 0.484. The molecule has 7 heteroatoms. The highest BCUT2D eigenvalue weighted by molar-refractivity contribution is 6.33. The zero-order chi connectivity index (χ0) is 26.5. The number of rotatable bonds is 9. The normalized spacial score (nSPS) is 17.7. The van der Waals surface area contributed by atoms with Gasteiger partial charge in [0.05, 0.1) is 21.7 Å². The van der Waals surface area contributed by atoms with Crippen molar-refractivity contribution in [2.24, 2.45) is 11.3 Å². The van der Waals surface area contributed by atoms with Gasteiger partial charge in [-0.25, -0.2) is 4.98 Å². The molecule has 38 heavy (non-hydrogen) atoms. The van der Waals surface area contributed by atoms with Crippen molar-refractivity contribution in [2.75, 3.05) is 11.9 Å². The van der Waals surface area contributed by atoms with Gasteiger partial charge in [-0.1, -0.05) is 69.7 Å². The van der Waals surface area contributed by atoms with Crippen LogP contribution in [-0.2, 0) is 6.54 Å². The van der Waals surface area contributed by atoms with Crippen molar-refractivity contribution < 1.29 is 4.79 Å². The van der Waals surface area contributed by atoms with Crippen molar-refractivity contribution in [3.05, 3.63) is 64.8 Å². The smallest absolute Gasteiger partial charge is 0.251 e. The van der Waals surface area contributed by atoms with Crippen molar-refractivity contribution in [1.82, 2.24) is 20.6 Å². The van der Waals surface area contributed by atoms with Gasteiger partial charge in [0, 0.05) is 29.8 Å². The molecule has 3 aromatic rings. The number of amides is 1. The number of aromatic amines is 1. The molecule has 2 fully saturated rings. The summed E-state index contributed by atoms with van der Waals surface area (Å²) in [5.41, 5.74) is 5.44. The van der Waals surface area contributed by atoms with Crippen LogP contribution in [0.3, 0.4) is 0 Å². The van der Waals surface area contributed by atoms with E-state index in [1.165, 1.54) is 64.2 Å². The van der Waals surface area contributed by atoms with Crippen LogP contribution >= 0.6 is 11.6 Å². The Morgan fingerprint density at radius 2 is 1.82 bits per heavy atom. The first kappa shape index (κ1) is 26.6. The Hall–Kier alpha value is -2.99. The van der Waals surface area contributed by atoms with E-state index in [-0.39, 0.29) is 11.3 Å². The first-order valence-corrected chi connectivity index (χ1v) is 14.5. The average Bonchev–Trinajstić information content (AvgIpc) is 3.34. The Morgan fingerprint density at radius 1 is 1.05 bits per heavy atom. The predicted molar refractivity (Wildman–Crippen MR) is 157 cm³/mol. The van der Waals surface area contributed by atoms with E-state index in [0.29, 0.717) is 29.0 Å². The quantitative estimate of drug-likeness (QED) is 0.226. The Labute approximate surface area is 231 Å². The number of hydrogen-bond donors (Lipinski definition) is 4. The number of hydrogen-bond acceptors (Lipinski definition) is 4. The molecule has 1 aromatic heterocycles. The van der Waals surface area contributed by atoms with E-state index in [2.05, 4.69) is 39.4 Å². The third-order valence-electron chi connectivity index (χ3n) is 8.50. The lowest BCUT2D eigenvalue weighted by Gasteiger charge is -2.36. The fourth-order valence-corrected chi connectivity index (χ4v) is 6.07. The van der Waals surface area contributed by atoms with E-state index in [1.807, 2.05) is 36.4 Å². The molecule has 2 aliphatic carbocycles. The second-order valence-corrected chi connectivity index (χ2v) is 11.8. The number of carbonyl (C=O) groups is 1. The van der Waals surface area contributed by atoms with E-state index in [9.17, 15) is 4.79 Å². The number of halogens is 1. The van der Waals surface area contributed by atoms with Crippen molar-refractivity contribution in [1.29, 1.82) is 0 Å². The fourth-order valence-electron chi connectivity index (χ4n) is 5.90. The van der Waals surface area contributed by atoms with Gasteiger partial charge in [0.1, 0.15) is 0 Å². The zero-order valence-corrected chi connectivity index (χ0v) is 23.2. The number of anilines is 2. The van der Waals surface area contributed by atoms with Crippen LogP contribution < -0.4 is 16.0 Å². The molecule has 0 radical (unpaired) electrons. The molecule has 0 aliphatic heterocycles. The molecular weight excluding hydrogens is 494 g/mol. The number of carbonyl (C=O) groups excluding carboxylic acids is 1. The molecule has 202 valence electrons. The Kier molecular flexibility index (Phi) is 8.27. The number of allylic oxidation sites excluding steroid dienone is 1. The standard InChI is InChI=1S/C31H40ClN5O/c1-21(31(2)15-7-4-8-16-31)33-20-23-11-13-25(32)27(17-23)36-30-35-26-14-12-24(18-28(26)37-30)29(38)34-19-22-9-5-3-6-10-22/h11-14,17-18,22,33H,1,3-10,15-16,19-20H2,2H3,(H,34,38)(H2,35,36,37). The van der Waals surface area contributed by atoms with Crippen LogP contribution in [0.4, 0.5) is 11.6 Å². The molecule has 0 atom stereocenters. The molecule has 0 spiro atoms. The molecular formula is C31H40ClN5O. The van der Waals surface area contributed by atoms with Gasteiger partial charge >= 0.3 is 0 Å². The lowest BCUT2D eigenvalue weighted by molar-refractivity contribution is 0.0943. The number of imidazole rings is 1. The van der Waals surface area contributed by atoms with E-state index in [0.717, 1.165) is 34.5 Å². The third-order valence-corrected chi connectivity index (χ3v) is 8.83. The van der Waals surface area contributed by atoms with Crippen LogP contribution in [0.5, 0.6) is 0 Å². The highest BCUT2D eigenvalue weighted by atomic mass is 35.5. The largest absolute Gasteiger partial charge is 0.384 e. The van der Waals surface area contributed by atoms with Crippen molar-refractivity contribution in [2.45, 2.75) is 77.7 Å². The lowest BCUT2D eigenvalue weighted by atomic mass is 9.73. The minimum Gasteiger partial charge on any atom is -0.384 e. The average molecular weight is 534 g/mol. The van der Waals surface area contributed by atoms with Gasteiger partial charge in [-0.15, -0.1) is 0 Å². The lowest BCUT2D eigenvalue weighted by Crippen LogP contribution is -2.30. The van der Waals surface area contributed by atoms with Crippen LogP contribution in [0.25, 0.3) is 11.0 Å². The highest BCUT2D eigenvalue weighted by Crippen LogP contribution is 2.40. The molecule has 2 saturated carbocycles. The molecule has 2 aromatic carbocycles. The molecule has 4 N–H and O–H groups in total. The second kappa shape index (κ2) is 11.8. The van der Waals surface area contributed by atoms with E-state index in [4.69, 9.17) is 11.6 Å². The molecule has 5 rings (SSSR count). The Bertz CT molecular complexity index is 1290. The van der Waals surface area contributed by atoms with E-state index < -0.39 is 0 Å². The van der Waals surface area contributed by atoms with Crippen molar-refractivity contribution >= 4 is 40.2 Å². The van der Waals surface area contributed by atoms with Crippen molar-refractivity contribution in [3.8, 4) is 0 Å². The third kappa shape index (κ3) is 6.35. The minimum atomic E-state index is -0.0338. The molecule has 6 nitrogen and oxygen atoms in total. The first-order valence-electron chi connectivity index (χ1n) is 14.2. The molecule has 0 saturated heterocycles. The van der Waals surface area contributed by atoms with Crippen molar-refractivity contribution in [3.63, 3.8) is 0 Å². The summed E-state index contributed by atoms with van der Waals surface area (Å²) in [4.78, 5) is 20.7. The van der Waals surface area contributed by atoms with Gasteiger partial charge in [-0.05, 0) is 67.5 Å². The van der Waals surface area contributed by atoms with E-state index in [1.54, 1.807) is 0 Å². The molecule has 0 bridgehead atoms. The summed E-state index contributed by atoms with van der Waals surface area (Å²) < 4.78 is 0. The molecule has 2 aliphatic rings. The number of nitrogens with one attached hydrogen (secondary N) is 4. The summed E-state index contributed by atoms with van der Waals surface area (Å²) in [6, 6.07) is 11.6. The van der Waals surface area contributed by atoms with Crippen LogP contribution in [0.1, 0.15) is 87.1 Å². The zero-order valence-electron chi connectivity index (χ0n) is 22.5. The summed E-state index contributed by atoms with van der Waals surface area (Å²) >= 11 is 6.52. The number of nitrogens with zero attached hydrogens (tertiary/aromatic N) is 1. The van der Waals surface area contributed by atoms with Gasteiger partial charge in [0.25, 0.3) is 5.91 Å². The minimum absolute atomic E-state index is 0.0338. The first-order chi connectivity index (χ1) is 18.4. The van der Waals surface area contributed by atoms with Crippen LogP contribution in [0.2, 0.25) is 5.02 Å². The molecule has 1 heterocycles. The maximum absolute atomic E-state index is 12.8. The topological polar surface area (TPSA) is 81.8 Å². The number of aromatic nitrogens is 2. The maximum atomic E-state index is 12.8. The number of fused-ring (bicyclic) bond motifs is 1. The predicted octanol–water partition coefficient (Wildman–Crippen LogP) is 7.84. The highest BCUT2D eigenvalue weighted by Gasteiger charge is 2.29. The van der Waals surface area contributed by atoms with Crippen LogP contribution in [0, 0.1) is 11.3 Å². The Balaban J connectivity index is 1.22.